The van der Waals surface area contributed by atoms with E-state index in [4.69, 9.17) is 16.1 Å². The lowest BCUT2D eigenvalue weighted by atomic mass is 10.2. The molecule has 1 aromatic heterocycles. The summed E-state index contributed by atoms with van der Waals surface area (Å²) in [7, 11) is 1.73. The zero-order valence-electron chi connectivity index (χ0n) is 12.2. The van der Waals surface area contributed by atoms with Gasteiger partial charge in [-0.25, -0.2) is 0 Å². The van der Waals surface area contributed by atoms with Crippen LogP contribution < -0.4 is 10.6 Å². The van der Waals surface area contributed by atoms with Crippen LogP contribution in [-0.2, 0) is 19.5 Å². The molecule has 5 nitrogen and oxygen atoms in total. The number of aromatic nitrogens is 1. The molecular formula is C15H19ClN4O. The lowest BCUT2D eigenvalue weighted by Crippen LogP contribution is -2.36. The van der Waals surface area contributed by atoms with Gasteiger partial charge < -0.3 is 15.2 Å². The first kappa shape index (κ1) is 15.4. The fourth-order valence-corrected chi connectivity index (χ4v) is 2.04. The number of benzene rings is 1. The topological polar surface area (TPSA) is 62.5 Å². The molecule has 2 aromatic rings. The lowest BCUT2D eigenvalue weighted by molar-refractivity contribution is 0.374. The van der Waals surface area contributed by atoms with Gasteiger partial charge in [-0.15, -0.1) is 0 Å². The highest BCUT2D eigenvalue weighted by Gasteiger charge is 2.04. The van der Waals surface area contributed by atoms with Crippen molar-refractivity contribution in [2.45, 2.75) is 26.4 Å². The summed E-state index contributed by atoms with van der Waals surface area (Å²) in [5.41, 5.74) is 2.05. The van der Waals surface area contributed by atoms with Crippen molar-refractivity contribution >= 4 is 17.6 Å². The second-order valence-corrected chi connectivity index (χ2v) is 4.98. The second-order valence-electron chi connectivity index (χ2n) is 4.55. The predicted octanol–water partition coefficient (Wildman–Crippen LogP) is 2.76. The summed E-state index contributed by atoms with van der Waals surface area (Å²) in [6, 6.07) is 9.66. The molecule has 0 unspecified atom stereocenters. The van der Waals surface area contributed by atoms with Crippen molar-refractivity contribution in [3.05, 3.63) is 52.4 Å². The summed E-state index contributed by atoms with van der Waals surface area (Å²) in [4.78, 5) is 4.17. The smallest absolute Gasteiger partial charge is 0.191 e. The van der Waals surface area contributed by atoms with Crippen molar-refractivity contribution in [1.29, 1.82) is 0 Å². The molecule has 0 amide bonds. The van der Waals surface area contributed by atoms with Crippen molar-refractivity contribution in [1.82, 2.24) is 15.8 Å². The Morgan fingerprint density at radius 3 is 2.76 bits per heavy atom. The minimum absolute atomic E-state index is 0.544. The van der Waals surface area contributed by atoms with E-state index in [1.54, 1.807) is 7.05 Å². The third kappa shape index (κ3) is 4.79. The van der Waals surface area contributed by atoms with Gasteiger partial charge >= 0.3 is 0 Å². The highest BCUT2D eigenvalue weighted by Crippen LogP contribution is 2.10. The first-order valence-corrected chi connectivity index (χ1v) is 7.22. The van der Waals surface area contributed by atoms with E-state index < -0.39 is 0 Å². The summed E-state index contributed by atoms with van der Waals surface area (Å²) < 4.78 is 5.22. The molecule has 2 rings (SSSR count). The fraction of sp³-hybridized carbons (Fsp3) is 0.333. The van der Waals surface area contributed by atoms with E-state index in [2.05, 4.69) is 20.8 Å². The third-order valence-corrected chi connectivity index (χ3v) is 3.21. The molecular weight excluding hydrogens is 288 g/mol. The van der Waals surface area contributed by atoms with Gasteiger partial charge in [-0.2, -0.15) is 0 Å². The number of hydrogen-bond donors (Lipinski definition) is 2. The Labute approximate surface area is 129 Å². The largest absolute Gasteiger partial charge is 0.359 e. The Morgan fingerprint density at radius 1 is 1.29 bits per heavy atom. The van der Waals surface area contributed by atoms with Crippen LogP contribution in [0.4, 0.5) is 0 Å². The molecule has 1 aromatic carbocycles. The maximum absolute atomic E-state index is 5.96. The SMILES string of the molecule is CCc1cc(CNC(=NC)NCc2cccc(Cl)c2)on1. The Kier molecular flexibility index (Phi) is 5.63. The molecule has 0 bridgehead atoms. The zero-order chi connectivity index (χ0) is 15.1. The van der Waals surface area contributed by atoms with Crippen molar-refractivity contribution in [3.63, 3.8) is 0 Å². The quantitative estimate of drug-likeness (QED) is 0.658. The number of hydrogen-bond acceptors (Lipinski definition) is 3. The van der Waals surface area contributed by atoms with Crippen LogP contribution in [0.3, 0.4) is 0 Å². The summed E-state index contributed by atoms with van der Waals surface area (Å²) in [5, 5.41) is 11.1. The Morgan fingerprint density at radius 2 is 2.10 bits per heavy atom. The number of rotatable bonds is 5. The lowest BCUT2D eigenvalue weighted by Gasteiger charge is -2.10. The van der Waals surface area contributed by atoms with Gasteiger partial charge in [0.2, 0.25) is 0 Å². The number of aryl methyl sites for hydroxylation is 1. The van der Waals surface area contributed by atoms with E-state index in [0.29, 0.717) is 19.0 Å². The first-order chi connectivity index (χ1) is 10.2. The van der Waals surface area contributed by atoms with Crippen molar-refractivity contribution in [2.75, 3.05) is 7.05 Å². The molecule has 1 heterocycles. The van der Waals surface area contributed by atoms with E-state index in [0.717, 1.165) is 28.5 Å². The van der Waals surface area contributed by atoms with Gasteiger partial charge in [0.25, 0.3) is 0 Å². The average Bonchev–Trinajstić information content (AvgIpc) is 2.95. The normalized spacial score (nSPS) is 11.5. The van der Waals surface area contributed by atoms with Crippen molar-refractivity contribution in [2.24, 2.45) is 4.99 Å². The molecule has 0 aliphatic heterocycles. The van der Waals surface area contributed by atoms with Gasteiger partial charge in [-0.1, -0.05) is 35.8 Å². The molecule has 0 atom stereocenters. The van der Waals surface area contributed by atoms with Crippen LogP contribution in [0.15, 0.2) is 39.8 Å². The minimum atomic E-state index is 0.544. The van der Waals surface area contributed by atoms with Gasteiger partial charge in [0, 0.05) is 24.7 Å². The molecule has 0 saturated heterocycles. The molecule has 0 radical (unpaired) electrons. The van der Waals surface area contributed by atoms with Gasteiger partial charge in [0.1, 0.15) is 0 Å². The molecule has 21 heavy (non-hydrogen) atoms. The average molecular weight is 307 g/mol. The number of nitrogens with one attached hydrogen (secondary N) is 2. The number of aliphatic imine (C=N–C) groups is 1. The first-order valence-electron chi connectivity index (χ1n) is 6.84. The molecule has 0 aliphatic carbocycles. The minimum Gasteiger partial charge on any atom is -0.359 e. The highest BCUT2D eigenvalue weighted by atomic mass is 35.5. The third-order valence-electron chi connectivity index (χ3n) is 2.97. The van der Waals surface area contributed by atoms with E-state index in [1.165, 1.54) is 0 Å². The van der Waals surface area contributed by atoms with E-state index in [1.807, 2.05) is 37.3 Å². The van der Waals surface area contributed by atoms with Crippen LogP contribution in [0.5, 0.6) is 0 Å². The van der Waals surface area contributed by atoms with Crippen LogP contribution in [-0.4, -0.2) is 18.2 Å². The molecule has 112 valence electrons. The van der Waals surface area contributed by atoms with E-state index in [9.17, 15) is 0 Å². The van der Waals surface area contributed by atoms with Gasteiger partial charge in [0.05, 0.1) is 12.2 Å². The van der Waals surface area contributed by atoms with Crippen molar-refractivity contribution < 1.29 is 4.52 Å². The maximum Gasteiger partial charge on any atom is 0.191 e. The van der Waals surface area contributed by atoms with Crippen LogP contribution in [0.2, 0.25) is 5.02 Å². The molecule has 0 saturated carbocycles. The van der Waals surface area contributed by atoms with Crippen LogP contribution in [0.25, 0.3) is 0 Å². The fourth-order valence-electron chi connectivity index (χ4n) is 1.83. The standard InChI is InChI=1S/C15H19ClN4O/c1-3-13-8-14(21-20-13)10-19-15(17-2)18-9-11-5-4-6-12(16)7-11/h4-8H,3,9-10H2,1-2H3,(H2,17,18,19). The monoisotopic (exact) mass is 306 g/mol. The molecule has 2 N–H and O–H groups in total. The van der Waals surface area contributed by atoms with Crippen LogP contribution in [0.1, 0.15) is 23.9 Å². The number of halogens is 1. The van der Waals surface area contributed by atoms with Crippen molar-refractivity contribution in [3.8, 4) is 0 Å². The molecule has 0 spiro atoms. The maximum atomic E-state index is 5.96. The summed E-state index contributed by atoms with van der Waals surface area (Å²) in [6.45, 7) is 3.24. The highest BCUT2D eigenvalue weighted by molar-refractivity contribution is 6.30. The Hall–Kier alpha value is -2.01. The summed E-state index contributed by atoms with van der Waals surface area (Å²) in [6.07, 6.45) is 0.866. The summed E-state index contributed by atoms with van der Waals surface area (Å²) >= 11 is 5.96. The Balaban J connectivity index is 1.83. The van der Waals surface area contributed by atoms with Crippen LogP contribution >= 0.6 is 11.6 Å². The molecule has 0 fully saturated rings. The van der Waals surface area contributed by atoms with Gasteiger partial charge in [-0.05, 0) is 24.1 Å². The van der Waals surface area contributed by atoms with E-state index >= 15 is 0 Å². The van der Waals surface area contributed by atoms with Crippen LogP contribution in [0, 0.1) is 0 Å². The van der Waals surface area contributed by atoms with Gasteiger partial charge in [-0.3, -0.25) is 4.99 Å². The van der Waals surface area contributed by atoms with Gasteiger partial charge in [0.15, 0.2) is 11.7 Å². The predicted molar refractivity (Wildman–Crippen MR) is 84.4 cm³/mol. The molecule has 0 aliphatic rings. The zero-order valence-corrected chi connectivity index (χ0v) is 12.9. The Bertz CT molecular complexity index is 609. The molecule has 6 heteroatoms. The van der Waals surface area contributed by atoms with E-state index in [-0.39, 0.29) is 0 Å². The number of guanidine groups is 1. The summed E-state index contributed by atoms with van der Waals surface area (Å²) in [5.74, 6) is 1.49. The second kappa shape index (κ2) is 7.69. The number of nitrogens with zero attached hydrogens (tertiary/aromatic N) is 2.